The smallest absolute Gasteiger partial charge is 0.250 e. The summed E-state index contributed by atoms with van der Waals surface area (Å²) in [5, 5.41) is 2.63. The summed E-state index contributed by atoms with van der Waals surface area (Å²) in [4.78, 5) is 11.7. The molecule has 1 atom stereocenters. The highest BCUT2D eigenvalue weighted by Crippen LogP contribution is 2.15. The fraction of sp³-hybridized carbons (Fsp3) is 0.533. The molecule has 0 spiro atoms. The Morgan fingerprint density at radius 3 is 2.70 bits per heavy atom. The number of sulfonamides is 1. The minimum atomic E-state index is -3.57. The van der Waals surface area contributed by atoms with E-state index in [1.807, 2.05) is 0 Å². The molecule has 2 rings (SSSR count). The number of hydrogen-bond acceptors (Lipinski definition) is 5. The first-order chi connectivity index (χ1) is 11.0. The highest BCUT2D eigenvalue weighted by Gasteiger charge is 2.20. The number of carbonyl (C=O) groups is 1. The van der Waals surface area contributed by atoms with Crippen molar-refractivity contribution in [3.05, 3.63) is 24.3 Å². The van der Waals surface area contributed by atoms with Crippen LogP contribution in [0.4, 0.5) is 5.69 Å². The molecular formula is C15H22N2O5S. The van der Waals surface area contributed by atoms with Crippen LogP contribution in [0.15, 0.2) is 29.2 Å². The maximum Gasteiger partial charge on any atom is 0.250 e. The summed E-state index contributed by atoms with van der Waals surface area (Å²) in [5.74, 6) is -0.279. The molecule has 1 saturated heterocycles. The first-order valence-corrected chi connectivity index (χ1v) is 9.08. The van der Waals surface area contributed by atoms with E-state index in [0.717, 1.165) is 12.8 Å². The van der Waals surface area contributed by atoms with Gasteiger partial charge in [-0.15, -0.1) is 0 Å². The summed E-state index contributed by atoms with van der Waals surface area (Å²) >= 11 is 0. The lowest BCUT2D eigenvalue weighted by Crippen LogP contribution is -2.31. The molecule has 7 nitrogen and oxygen atoms in total. The number of hydrogen-bond donors (Lipinski definition) is 2. The Balaban J connectivity index is 1.90. The maximum atomic E-state index is 12.2. The number of ether oxygens (including phenoxy) is 2. The van der Waals surface area contributed by atoms with Gasteiger partial charge in [0.05, 0.1) is 11.0 Å². The molecule has 0 aromatic heterocycles. The van der Waals surface area contributed by atoms with Gasteiger partial charge in [0.2, 0.25) is 15.9 Å². The second-order valence-corrected chi connectivity index (χ2v) is 6.96. The van der Waals surface area contributed by atoms with Gasteiger partial charge in [0.1, 0.15) is 6.61 Å². The number of rotatable bonds is 8. The lowest BCUT2D eigenvalue weighted by molar-refractivity contribution is -0.120. The van der Waals surface area contributed by atoms with E-state index in [0.29, 0.717) is 18.9 Å². The monoisotopic (exact) mass is 342 g/mol. The van der Waals surface area contributed by atoms with E-state index in [9.17, 15) is 13.2 Å². The third-order valence-electron chi connectivity index (χ3n) is 3.41. The summed E-state index contributed by atoms with van der Waals surface area (Å²) in [5.41, 5.74) is 0.521. The predicted octanol–water partition coefficient (Wildman–Crippen LogP) is 1.12. The van der Waals surface area contributed by atoms with Crippen molar-refractivity contribution in [2.24, 2.45) is 0 Å². The Labute approximate surface area is 136 Å². The number of benzene rings is 1. The van der Waals surface area contributed by atoms with Gasteiger partial charge in [-0.1, -0.05) is 0 Å². The molecule has 1 aromatic rings. The van der Waals surface area contributed by atoms with E-state index in [1.54, 1.807) is 19.1 Å². The second-order valence-electron chi connectivity index (χ2n) is 5.20. The normalized spacial score (nSPS) is 18.0. The van der Waals surface area contributed by atoms with Gasteiger partial charge >= 0.3 is 0 Å². The van der Waals surface area contributed by atoms with Gasteiger partial charge in [-0.3, -0.25) is 4.79 Å². The van der Waals surface area contributed by atoms with E-state index in [-0.39, 0.29) is 30.1 Å². The molecule has 23 heavy (non-hydrogen) atoms. The number of anilines is 1. The summed E-state index contributed by atoms with van der Waals surface area (Å²) in [6.07, 6.45) is 1.78. The minimum Gasteiger partial charge on any atom is -0.377 e. The first-order valence-electron chi connectivity index (χ1n) is 7.60. The predicted molar refractivity (Wildman–Crippen MR) is 85.7 cm³/mol. The van der Waals surface area contributed by atoms with E-state index in [1.165, 1.54) is 12.1 Å². The molecule has 0 radical (unpaired) electrons. The number of nitrogens with one attached hydrogen (secondary N) is 2. The molecule has 0 bridgehead atoms. The maximum absolute atomic E-state index is 12.2. The van der Waals surface area contributed by atoms with Crippen LogP contribution in [0.25, 0.3) is 0 Å². The van der Waals surface area contributed by atoms with Crippen molar-refractivity contribution in [2.45, 2.75) is 30.8 Å². The Bertz CT molecular complexity index is 609. The zero-order valence-corrected chi connectivity index (χ0v) is 13.9. The molecule has 0 aliphatic carbocycles. The Kier molecular flexibility index (Phi) is 6.52. The molecule has 1 amide bonds. The molecular weight excluding hydrogens is 320 g/mol. The fourth-order valence-corrected chi connectivity index (χ4v) is 3.27. The van der Waals surface area contributed by atoms with E-state index in [4.69, 9.17) is 9.47 Å². The number of carbonyl (C=O) groups excluding carboxylic acids is 1. The highest BCUT2D eigenvalue weighted by molar-refractivity contribution is 7.89. The zero-order chi connectivity index (χ0) is 16.7. The average Bonchev–Trinajstić information content (AvgIpc) is 3.05. The topological polar surface area (TPSA) is 93.7 Å². The molecule has 1 aliphatic rings. The molecule has 0 unspecified atom stereocenters. The van der Waals surface area contributed by atoms with Crippen molar-refractivity contribution >= 4 is 21.6 Å². The molecule has 1 fully saturated rings. The number of amides is 1. The Morgan fingerprint density at radius 2 is 2.09 bits per heavy atom. The third kappa shape index (κ3) is 5.58. The van der Waals surface area contributed by atoms with Crippen molar-refractivity contribution in [3.8, 4) is 0 Å². The quantitative estimate of drug-likeness (QED) is 0.738. The molecule has 1 aliphatic heterocycles. The van der Waals surface area contributed by atoms with Crippen LogP contribution in [-0.2, 0) is 24.3 Å². The van der Waals surface area contributed by atoms with Crippen molar-refractivity contribution in [2.75, 3.05) is 31.7 Å². The minimum absolute atomic E-state index is 0.0283. The average molecular weight is 342 g/mol. The van der Waals surface area contributed by atoms with Crippen LogP contribution in [0.1, 0.15) is 19.8 Å². The Hall–Kier alpha value is -1.48. The van der Waals surface area contributed by atoms with Crippen LogP contribution in [0.2, 0.25) is 0 Å². The molecule has 0 saturated carbocycles. The summed E-state index contributed by atoms with van der Waals surface area (Å²) < 4.78 is 37.3. The van der Waals surface area contributed by atoms with Gasteiger partial charge in [0.25, 0.3) is 0 Å². The molecule has 2 N–H and O–H groups in total. The summed E-state index contributed by atoms with van der Waals surface area (Å²) in [7, 11) is -3.57. The van der Waals surface area contributed by atoms with Gasteiger partial charge in [0.15, 0.2) is 0 Å². The van der Waals surface area contributed by atoms with Gasteiger partial charge in [-0.25, -0.2) is 13.1 Å². The van der Waals surface area contributed by atoms with Gasteiger partial charge in [-0.05, 0) is 44.0 Å². The van der Waals surface area contributed by atoms with Gasteiger partial charge < -0.3 is 14.8 Å². The second kappa shape index (κ2) is 8.39. The highest BCUT2D eigenvalue weighted by atomic mass is 32.2. The van der Waals surface area contributed by atoms with Gasteiger partial charge in [0, 0.05) is 25.4 Å². The van der Waals surface area contributed by atoms with Crippen molar-refractivity contribution < 1.29 is 22.7 Å². The molecule has 1 heterocycles. The van der Waals surface area contributed by atoms with Crippen LogP contribution in [0.5, 0.6) is 0 Å². The lowest BCUT2D eigenvalue weighted by atomic mass is 10.2. The van der Waals surface area contributed by atoms with Crippen molar-refractivity contribution in [1.82, 2.24) is 4.72 Å². The standard InChI is InChI=1S/C15H22N2O5S/c1-2-21-11-15(18)17-12-5-7-14(8-6-12)23(19,20)16-10-13-4-3-9-22-13/h5-8,13,16H,2-4,9-11H2,1H3,(H,17,18)/t13-/m0/s1. The summed E-state index contributed by atoms with van der Waals surface area (Å²) in [6.45, 7) is 3.19. The third-order valence-corrected chi connectivity index (χ3v) is 4.85. The lowest BCUT2D eigenvalue weighted by Gasteiger charge is -2.12. The van der Waals surface area contributed by atoms with E-state index < -0.39 is 10.0 Å². The van der Waals surface area contributed by atoms with Crippen LogP contribution in [0.3, 0.4) is 0 Å². The van der Waals surface area contributed by atoms with E-state index in [2.05, 4.69) is 10.0 Å². The van der Waals surface area contributed by atoms with Crippen LogP contribution in [-0.4, -0.2) is 46.8 Å². The summed E-state index contributed by atoms with van der Waals surface area (Å²) in [6, 6.07) is 6.00. The largest absolute Gasteiger partial charge is 0.377 e. The SMILES string of the molecule is CCOCC(=O)Nc1ccc(S(=O)(=O)NC[C@@H]2CCCO2)cc1. The molecule has 1 aromatic carbocycles. The van der Waals surface area contributed by atoms with Crippen molar-refractivity contribution in [1.29, 1.82) is 0 Å². The van der Waals surface area contributed by atoms with Crippen LogP contribution < -0.4 is 10.0 Å². The first kappa shape index (κ1) is 17.9. The molecule has 128 valence electrons. The zero-order valence-electron chi connectivity index (χ0n) is 13.1. The van der Waals surface area contributed by atoms with Crippen molar-refractivity contribution in [3.63, 3.8) is 0 Å². The van der Waals surface area contributed by atoms with Gasteiger partial charge in [-0.2, -0.15) is 0 Å². The fourth-order valence-electron chi connectivity index (χ4n) is 2.20. The van der Waals surface area contributed by atoms with Crippen LogP contribution >= 0.6 is 0 Å². The van der Waals surface area contributed by atoms with Crippen LogP contribution in [0, 0.1) is 0 Å². The van der Waals surface area contributed by atoms with E-state index >= 15 is 0 Å². The molecule has 8 heteroatoms. The Morgan fingerprint density at radius 1 is 1.35 bits per heavy atom.